The third-order valence-corrected chi connectivity index (χ3v) is 3.00. The predicted octanol–water partition coefficient (Wildman–Crippen LogP) is 4.37. The number of methoxy groups -OCH3 is 1. The maximum absolute atomic E-state index is 13.7. The van der Waals surface area contributed by atoms with Crippen LogP contribution in [0.3, 0.4) is 0 Å². The molecule has 0 fully saturated rings. The van der Waals surface area contributed by atoms with Crippen molar-refractivity contribution in [2.75, 3.05) is 13.7 Å². The minimum Gasteiger partial charge on any atom is -0.497 e. The Bertz CT molecular complexity index is 779. The Labute approximate surface area is 145 Å². The van der Waals surface area contributed by atoms with Crippen LogP contribution in [-0.4, -0.2) is 32.3 Å². The van der Waals surface area contributed by atoms with Crippen molar-refractivity contribution < 1.29 is 31.4 Å². The highest BCUT2D eigenvalue weighted by Crippen LogP contribution is 2.25. The van der Waals surface area contributed by atoms with Crippen LogP contribution in [0.1, 0.15) is 11.1 Å². The molecule has 0 atom stereocenters. The molecule has 4 nitrogen and oxygen atoms in total. The van der Waals surface area contributed by atoms with E-state index in [-0.39, 0.29) is 5.56 Å². The van der Waals surface area contributed by atoms with Gasteiger partial charge >= 0.3 is 6.18 Å². The van der Waals surface area contributed by atoms with Crippen LogP contribution in [0.2, 0.25) is 0 Å². The molecule has 9 heteroatoms. The molecule has 0 saturated heterocycles. The Morgan fingerprint density at radius 2 is 1.46 bits per heavy atom. The van der Waals surface area contributed by atoms with E-state index < -0.39 is 30.2 Å². The minimum absolute atomic E-state index is 0.0220. The monoisotopic (exact) mass is 372 g/mol. The Morgan fingerprint density at radius 3 is 1.96 bits per heavy atom. The smallest absolute Gasteiger partial charge is 0.422 e. The topological polar surface area (TPSA) is 43.2 Å². The predicted molar refractivity (Wildman–Crippen MR) is 86.1 cm³/mol. The van der Waals surface area contributed by atoms with Crippen molar-refractivity contribution in [1.29, 1.82) is 0 Å². The summed E-state index contributed by atoms with van der Waals surface area (Å²) in [6.07, 6.45) is -2.24. The maximum Gasteiger partial charge on any atom is 0.422 e. The fraction of sp³-hybridized carbons (Fsp3) is 0.176. The molecule has 0 aliphatic carbocycles. The van der Waals surface area contributed by atoms with Crippen molar-refractivity contribution in [3.63, 3.8) is 0 Å². The van der Waals surface area contributed by atoms with Crippen molar-refractivity contribution >= 4 is 12.4 Å². The molecule has 0 heterocycles. The van der Waals surface area contributed by atoms with Crippen LogP contribution in [0, 0.1) is 11.6 Å². The minimum atomic E-state index is -4.70. The average molecular weight is 372 g/mol. The van der Waals surface area contributed by atoms with Gasteiger partial charge in [0.15, 0.2) is 24.0 Å². The lowest BCUT2D eigenvalue weighted by atomic mass is 10.2. The zero-order valence-corrected chi connectivity index (χ0v) is 13.4. The molecule has 0 bridgehead atoms. The number of alkyl halides is 3. The van der Waals surface area contributed by atoms with E-state index in [1.807, 2.05) is 0 Å². The second-order valence-electron chi connectivity index (χ2n) is 4.98. The van der Waals surface area contributed by atoms with Gasteiger partial charge in [0.05, 0.1) is 19.5 Å². The van der Waals surface area contributed by atoms with Crippen molar-refractivity contribution in [3.8, 4) is 11.5 Å². The van der Waals surface area contributed by atoms with E-state index in [2.05, 4.69) is 14.9 Å². The Hall–Kier alpha value is -2.97. The van der Waals surface area contributed by atoms with Gasteiger partial charge in [0.25, 0.3) is 0 Å². The van der Waals surface area contributed by atoms with Gasteiger partial charge < -0.3 is 9.47 Å². The van der Waals surface area contributed by atoms with Gasteiger partial charge in [0, 0.05) is 5.56 Å². The van der Waals surface area contributed by atoms with Gasteiger partial charge in [-0.25, -0.2) is 8.78 Å². The number of rotatable bonds is 6. The molecule has 2 aromatic carbocycles. The molecule has 0 aromatic heterocycles. The first-order valence-corrected chi connectivity index (χ1v) is 7.17. The van der Waals surface area contributed by atoms with Gasteiger partial charge in [-0.3, -0.25) is 0 Å². The van der Waals surface area contributed by atoms with Crippen molar-refractivity contribution in [2.24, 2.45) is 10.2 Å². The number of hydrogen-bond acceptors (Lipinski definition) is 4. The number of benzene rings is 2. The van der Waals surface area contributed by atoms with Crippen molar-refractivity contribution in [1.82, 2.24) is 0 Å². The summed E-state index contributed by atoms with van der Waals surface area (Å²) < 4.78 is 72.7. The van der Waals surface area contributed by atoms with E-state index in [0.29, 0.717) is 5.75 Å². The third-order valence-electron chi connectivity index (χ3n) is 3.00. The Morgan fingerprint density at radius 1 is 0.923 bits per heavy atom. The first kappa shape index (κ1) is 19.4. The van der Waals surface area contributed by atoms with Crippen molar-refractivity contribution in [2.45, 2.75) is 6.18 Å². The molecular weight excluding hydrogens is 359 g/mol. The number of halogens is 5. The van der Waals surface area contributed by atoms with Crippen LogP contribution in [0.25, 0.3) is 0 Å². The molecule has 0 N–H and O–H groups in total. The van der Waals surface area contributed by atoms with Crippen LogP contribution in [0.4, 0.5) is 22.0 Å². The molecule has 0 unspecified atom stereocenters. The lowest BCUT2D eigenvalue weighted by molar-refractivity contribution is -0.154. The quantitative estimate of drug-likeness (QED) is 0.429. The van der Waals surface area contributed by atoms with Gasteiger partial charge in [-0.05, 0) is 42.0 Å². The molecule has 0 spiro atoms. The second-order valence-corrected chi connectivity index (χ2v) is 4.98. The first-order valence-electron chi connectivity index (χ1n) is 7.17. The highest BCUT2D eigenvalue weighted by atomic mass is 19.4. The van der Waals surface area contributed by atoms with Gasteiger partial charge in [-0.2, -0.15) is 23.4 Å². The second kappa shape index (κ2) is 8.41. The summed E-state index contributed by atoms with van der Waals surface area (Å²) in [4.78, 5) is 0. The fourth-order valence-electron chi connectivity index (χ4n) is 1.84. The molecule has 0 amide bonds. The molecule has 0 saturated carbocycles. The van der Waals surface area contributed by atoms with E-state index >= 15 is 0 Å². The molecule has 0 aliphatic rings. The largest absolute Gasteiger partial charge is 0.497 e. The molecule has 0 radical (unpaired) electrons. The van der Waals surface area contributed by atoms with E-state index in [1.54, 1.807) is 24.3 Å². The molecular formula is C17H13F5N2O2. The first-order chi connectivity index (χ1) is 12.3. The molecule has 2 aromatic rings. The van der Waals surface area contributed by atoms with Gasteiger partial charge in [-0.1, -0.05) is 0 Å². The SMILES string of the molecule is COc1ccc(C=NN=Cc2cc(F)c(OCC(F)(F)F)c(F)c2)cc1. The van der Waals surface area contributed by atoms with Crippen LogP contribution in [0.15, 0.2) is 46.6 Å². The number of ether oxygens (including phenoxy) is 2. The summed E-state index contributed by atoms with van der Waals surface area (Å²) in [5.74, 6) is -2.96. The summed E-state index contributed by atoms with van der Waals surface area (Å²) in [5.41, 5.74) is 0.697. The zero-order valence-electron chi connectivity index (χ0n) is 13.4. The van der Waals surface area contributed by atoms with E-state index in [0.717, 1.165) is 23.9 Å². The average Bonchev–Trinajstić information content (AvgIpc) is 2.57. The van der Waals surface area contributed by atoms with Crippen LogP contribution >= 0.6 is 0 Å². The van der Waals surface area contributed by atoms with Crippen LogP contribution in [-0.2, 0) is 0 Å². The lowest BCUT2D eigenvalue weighted by Crippen LogP contribution is -2.20. The highest BCUT2D eigenvalue weighted by Gasteiger charge is 2.29. The Kier molecular flexibility index (Phi) is 6.26. The van der Waals surface area contributed by atoms with E-state index in [4.69, 9.17) is 4.74 Å². The van der Waals surface area contributed by atoms with E-state index in [9.17, 15) is 22.0 Å². The Balaban J connectivity index is 2.04. The molecule has 2 rings (SSSR count). The number of hydrogen-bond donors (Lipinski definition) is 0. The summed E-state index contributed by atoms with van der Waals surface area (Å²) in [6, 6.07) is 8.47. The van der Waals surface area contributed by atoms with Gasteiger partial charge in [0.1, 0.15) is 5.75 Å². The van der Waals surface area contributed by atoms with Crippen LogP contribution < -0.4 is 9.47 Å². The third kappa shape index (κ3) is 5.83. The maximum atomic E-state index is 13.7. The highest BCUT2D eigenvalue weighted by molar-refractivity contribution is 5.83. The molecule has 138 valence electrons. The lowest BCUT2D eigenvalue weighted by Gasteiger charge is -2.10. The van der Waals surface area contributed by atoms with Gasteiger partial charge in [0.2, 0.25) is 0 Å². The summed E-state index contributed by atoms with van der Waals surface area (Å²) in [5, 5.41) is 7.36. The van der Waals surface area contributed by atoms with E-state index in [1.165, 1.54) is 13.3 Å². The molecule has 26 heavy (non-hydrogen) atoms. The summed E-state index contributed by atoms with van der Waals surface area (Å²) >= 11 is 0. The number of nitrogens with zero attached hydrogens (tertiary/aromatic N) is 2. The van der Waals surface area contributed by atoms with Crippen LogP contribution in [0.5, 0.6) is 11.5 Å². The van der Waals surface area contributed by atoms with Gasteiger partial charge in [-0.15, -0.1) is 0 Å². The normalized spacial score (nSPS) is 12.1. The fourth-order valence-corrected chi connectivity index (χ4v) is 1.84. The molecule has 0 aliphatic heterocycles. The summed E-state index contributed by atoms with van der Waals surface area (Å²) in [6.45, 7) is -1.79. The van der Waals surface area contributed by atoms with Crippen molar-refractivity contribution in [3.05, 3.63) is 59.2 Å². The zero-order chi connectivity index (χ0) is 19.2. The summed E-state index contributed by atoms with van der Waals surface area (Å²) in [7, 11) is 1.53. The standard InChI is InChI=1S/C17H13F5N2O2/c1-25-13-4-2-11(3-5-13)8-23-24-9-12-6-14(18)16(15(19)7-12)26-10-17(20,21)22/h2-9H,10H2,1H3.